The van der Waals surface area contributed by atoms with E-state index in [-0.39, 0.29) is 13.2 Å². The van der Waals surface area contributed by atoms with Gasteiger partial charge in [-0.3, -0.25) is 9.00 Å². The molecule has 1 saturated heterocycles. The lowest BCUT2D eigenvalue weighted by atomic mass is 9.85. The molecule has 1 aliphatic heterocycles. The molecule has 1 heterocycles. The Morgan fingerprint density at radius 1 is 1.53 bits per heavy atom. The molecular formula is C11H20N2O5S. The number of nitrogens with one attached hydrogen (secondary N) is 2. The second-order valence-corrected chi connectivity index (χ2v) is 6.49. The van der Waals surface area contributed by atoms with Crippen LogP contribution in [0.15, 0.2) is 0 Å². The van der Waals surface area contributed by atoms with E-state index in [1.807, 2.05) is 6.92 Å². The van der Waals surface area contributed by atoms with Crippen molar-refractivity contribution in [3.63, 3.8) is 0 Å². The minimum Gasteiger partial charge on any atom is -0.481 e. The van der Waals surface area contributed by atoms with Gasteiger partial charge in [0.1, 0.15) is 5.41 Å². The van der Waals surface area contributed by atoms with E-state index in [2.05, 4.69) is 10.6 Å². The van der Waals surface area contributed by atoms with E-state index in [1.54, 1.807) is 6.92 Å². The molecule has 0 saturated carbocycles. The van der Waals surface area contributed by atoms with Gasteiger partial charge in [-0.05, 0) is 6.92 Å². The molecule has 0 aromatic heterocycles. The van der Waals surface area contributed by atoms with Gasteiger partial charge in [-0.1, -0.05) is 6.92 Å². The van der Waals surface area contributed by atoms with Gasteiger partial charge in [0.25, 0.3) is 0 Å². The van der Waals surface area contributed by atoms with Gasteiger partial charge in [0, 0.05) is 28.9 Å². The SMILES string of the molecule is CCS(=O)CCNC(=O)NC1COCC1(C)C(=O)O. The molecular weight excluding hydrogens is 272 g/mol. The van der Waals surface area contributed by atoms with E-state index < -0.39 is 34.3 Å². The van der Waals surface area contributed by atoms with Crippen molar-refractivity contribution in [3.8, 4) is 0 Å². The topological polar surface area (TPSA) is 105 Å². The zero-order valence-electron chi connectivity index (χ0n) is 11.1. The molecule has 0 aromatic rings. The molecule has 0 radical (unpaired) electrons. The summed E-state index contributed by atoms with van der Waals surface area (Å²) >= 11 is 0. The monoisotopic (exact) mass is 292 g/mol. The molecule has 19 heavy (non-hydrogen) atoms. The number of urea groups is 1. The Kier molecular flexibility index (Phi) is 5.74. The average Bonchev–Trinajstić information content (AvgIpc) is 2.72. The van der Waals surface area contributed by atoms with Crippen LogP contribution in [0.5, 0.6) is 0 Å². The van der Waals surface area contributed by atoms with Gasteiger partial charge in [-0.25, -0.2) is 4.79 Å². The van der Waals surface area contributed by atoms with Crippen LogP contribution in [0, 0.1) is 5.41 Å². The Bertz CT molecular complexity index is 376. The molecule has 2 amide bonds. The maximum Gasteiger partial charge on any atom is 0.315 e. The number of carboxylic acids is 1. The second kappa shape index (κ2) is 6.85. The van der Waals surface area contributed by atoms with E-state index in [4.69, 9.17) is 9.84 Å². The summed E-state index contributed by atoms with van der Waals surface area (Å²) in [4.78, 5) is 22.8. The number of carboxylic acid groups (broad SMARTS) is 1. The van der Waals surface area contributed by atoms with Crippen LogP contribution in [0.3, 0.4) is 0 Å². The molecule has 0 aromatic carbocycles. The highest BCUT2D eigenvalue weighted by Crippen LogP contribution is 2.28. The first-order valence-corrected chi connectivity index (χ1v) is 7.59. The molecule has 0 spiro atoms. The summed E-state index contributed by atoms with van der Waals surface area (Å²) in [5.74, 6) is -0.0552. The minimum atomic E-state index is -1.11. The maximum absolute atomic E-state index is 11.6. The molecule has 3 unspecified atom stereocenters. The van der Waals surface area contributed by atoms with Gasteiger partial charge in [-0.15, -0.1) is 0 Å². The van der Waals surface area contributed by atoms with Crippen LogP contribution in [0.25, 0.3) is 0 Å². The van der Waals surface area contributed by atoms with Gasteiger partial charge < -0.3 is 20.5 Å². The summed E-state index contributed by atoms with van der Waals surface area (Å²) in [6.45, 7) is 3.90. The number of amides is 2. The summed E-state index contributed by atoms with van der Waals surface area (Å²) < 4.78 is 16.3. The van der Waals surface area contributed by atoms with Crippen LogP contribution in [-0.4, -0.2) is 58.6 Å². The number of hydrogen-bond donors (Lipinski definition) is 3. The van der Waals surface area contributed by atoms with Crippen LogP contribution in [0.2, 0.25) is 0 Å². The number of carbonyl (C=O) groups is 2. The standard InChI is InChI=1S/C11H20N2O5S/c1-3-19(17)5-4-12-10(16)13-8-6-18-7-11(8,2)9(14)15/h8H,3-7H2,1-2H3,(H,14,15)(H2,12,13,16). The lowest BCUT2D eigenvalue weighted by Gasteiger charge is -2.25. The summed E-state index contributed by atoms with van der Waals surface area (Å²) in [6, 6.07) is -1.03. The molecule has 110 valence electrons. The van der Waals surface area contributed by atoms with Crippen LogP contribution in [0.1, 0.15) is 13.8 Å². The van der Waals surface area contributed by atoms with Crippen molar-refractivity contribution >= 4 is 22.8 Å². The quantitative estimate of drug-likeness (QED) is 0.614. The number of rotatable bonds is 6. The van der Waals surface area contributed by atoms with Crippen LogP contribution < -0.4 is 10.6 Å². The van der Waals surface area contributed by atoms with Gasteiger partial charge >= 0.3 is 12.0 Å². The van der Waals surface area contributed by atoms with Gasteiger partial charge in [0.05, 0.1) is 19.3 Å². The van der Waals surface area contributed by atoms with Crippen molar-refractivity contribution < 1.29 is 23.6 Å². The molecule has 1 aliphatic rings. The third kappa shape index (κ3) is 4.17. The van der Waals surface area contributed by atoms with Crippen molar-refractivity contribution in [3.05, 3.63) is 0 Å². The molecule has 7 nitrogen and oxygen atoms in total. The maximum atomic E-state index is 11.6. The summed E-state index contributed by atoms with van der Waals surface area (Å²) in [6.07, 6.45) is 0. The Morgan fingerprint density at radius 3 is 2.79 bits per heavy atom. The molecule has 0 aliphatic carbocycles. The average molecular weight is 292 g/mol. The number of carbonyl (C=O) groups excluding carboxylic acids is 1. The molecule has 0 bridgehead atoms. The predicted molar refractivity (Wildman–Crippen MR) is 70.4 cm³/mol. The first kappa shape index (κ1) is 15.9. The van der Waals surface area contributed by atoms with E-state index in [0.29, 0.717) is 18.1 Å². The number of aliphatic carboxylic acids is 1. The van der Waals surface area contributed by atoms with E-state index in [9.17, 15) is 13.8 Å². The Labute approximate surface area is 114 Å². The van der Waals surface area contributed by atoms with Crippen molar-refractivity contribution in [2.45, 2.75) is 19.9 Å². The highest BCUT2D eigenvalue weighted by molar-refractivity contribution is 7.84. The largest absolute Gasteiger partial charge is 0.481 e. The molecule has 8 heteroatoms. The zero-order valence-corrected chi connectivity index (χ0v) is 11.9. The Hall–Kier alpha value is -1.15. The smallest absolute Gasteiger partial charge is 0.315 e. The first-order chi connectivity index (χ1) is 8.90. The summed E-state index contributed by atoms with van der Waals surface area (Å²) in [5, 5.41) is 14.3. The van der Waals surface area contributed by atoms with Crippen molar-refractivity contribution in [1.29, 1.82) is 0 Å². The third-order valence-electron chi connectivity index (χ3n) is 3.19. The van der Waals surface area contributed by atoms with E-state index >= 15 is 0 Å². The van der Waals surface area contributed by atoms with Crippen LogP contribution >= 0.6 is 0 Å². The van der Waals surface area contributed by atoms with Gasteiger partial charge in [0.2, 0.25) is 0 Å². The fraction of sp³-hybridized carbons (Fsp3) is 0.818. The highest BCUT2D eigenvalue weighted by atomic mass is 32.2. The van der Waals surface area contributed by atoms with Crippen molar-refractivity contribution in [2.75, 3.05) is 31.3 Å². The van der Waals surface area contributed by atoms with Crippen molar-refractivity contribution in [1.82, 2.24) is 10.6 Å². The number of hydrogen-bond acceptors (Lipinski definition) is 4. The lowest BCUT2D eigenvalue weighted by Crippen LogP contribution is -2.52. The molecule has 3 N–H and O–H groups in total. The summed E-state index contributed by atoms with van der Waals surface area (Å²) in [7, 11) is -0.931. The fourth-order valence-electron chi connectivity index (χ4n) is 1.72. The predicted octanol–water partition coefficient (Wildman–Crippen LogP) is -0.456. The zero-order chi connectivity index (χ0) is 14.5. The Balaban J connectivity index is 2.40. The van der Waals surface area contributed by atoms with Gasteiger partial charge in [-0.2, -0.15) is 0 Å². The third-order valence-corrected chi connectivity index (χ3v) is 4.49. The van der Waals surface area contributed by atoms with E-state index in [0.717, 1.165) is 0 Å². The highest BCUT2D eigenvalue weighted by Gasteiger charge is 2.47. The molecule has 1 rings (SSSR count). The van der Waals surface area contributed by atoms with E-state index in [1.165, 1.54) is 0 Å². The first-order valence-electron chi connectivity index (χ1n) is 6.10. The minimum absolute atomic E-state index is 0.0765. The fourth-order valence-corrected chi connectivity index (χ4v) is 2.34. The molecule has 3 atom stereocenters. The van der Waals surface area contributed by atoms with Crippen LogP contribution in [-0.2, 0) is 20.3 Å². The van der Waals surface area contributed by atoms with Crippen LogP contribution in [0.4, 0.5) is 4.79 Å². The molecule has 1 fully saturated rings. The lowest BCUT2D eigenvalue weighted by molar-refractivity contribution is -0.148. The number of ether oxygens (including phenoxy) is 1. The normalized spacial score (nSPS) is 27.8. The Morgan fingerprint density at radius 2 is 2.21 bits per heavy atom. The van der Waals surface area contributed by atoms with Crippen molar-refractivity contribution in [2.24, 2.45) is 5.41 Å². The summed E-state index contributed by atoms with van der Waals surface area (Å²) in [5.41, 5.74) is -1.11. The second-order valence-electron chi connectivity index (χ2n) is 4.62. The van der Waals surface area contributed by atoms with Gasteiger partial charge in [0.15, 0.2) is 0 Å².